The van der Waals surface area contributed by atoms with Crippen LogP contribution >= 0.6 is 0 Å². The van der Waals surface area contributed by atoms with Gasteiger partial charge in [0.05, 0.1) is 0 Å². The minimum absolute atomic E-state index is 0.997. The minimum atomic E-state index is 0.997. The van der Waals surface area contributed by atoms with E-state index in [4.69, 9.17) is 0 Å². The molecule has 0 N–H and O–H groups in total. The molecular formula is C20H26. The van der Waals surface area contributed by atoms with Gasteiger partial charge in [-0.1, -0.05) is 0 Å². The molecular weight excluding hydrogens is 240 g/mol. The van der Waals surface area contributed by atoms with Crippen LogP contribution in [0.25, 0.3) is 0 Å². The van der Waals surface area contributed by atoms with E-state index >= 15 is 0 Å². The van der Waals surface area contributed by atoms with E-state index in [0.717, 1.165) is 5.41 Å². The van der Waals surface area contributed by atoms with E-state index in [9.17, 15) is 0 Å². The Kier molecular flexibility index (Phi) is 1.27. The summed E-state index contributed by atoms with van der Waals surface area (Å²) in [4.78, 5) is 0. The van der Waals surface area contributed by atoms with Gasteiger partial charge in [-0.25, -0.2) is 0 Å². The minimum Gasteiger partial charge on any atom is -0.0499 e. The van der Waals surface area contributed by atoms with Crippen molar-refractivity contribution in [3.63, 3.8) is 0 Å². The zero-order valence-corrected chi connectivity index (χ0v) is 12.4. The molecule has 8 aliphatic rings. The molecule has 0 heteroatoms. The molecule has 0 aromatic heterocycles. The third kappa shape index (κ3) is 0.642. The molecule has 0 aromatic carbocycles. The van der Waals surface area contributed by atoms with Crippen molar-refractivity contribution in [1.82, 2.24) is 0 Å². The van der Waals surface area contributed by atoms with Crippen LogP contribution in [0.15, 0.2) is 0 Å². The number of hydrogen-bond donors (Lipinski definition) is 0. The standard InChI is InChI=1S/C20H26/c1-2-9-6-12-14(9)15-8(1)5-11-4-3-10-7-13-17(10)20(11)18(13)16(12)19(15)20/h8-19H,1-7H2. The molecule has 0 saturated heterocycles. The van der Waals surface area contributed by atoms with E-state index < -0.39 is 0 Å². The molecule has 8 fully saturated rings. The lowest BCUT2D eigenvalue weighted by Crippen LogP contribution is -2.83. The van der Waals surface area contributed by atoms with Gasteiger partial charge in [-0.3, -0.25) is 0 Å². The van der Waals surface area contributed by atoms with Crippen molar-refractivity contribution in [2.45, 2.75) is 44.9 Å². The largest absolute Gasteiger partial charge is 0.0499 e. The summed E-state index contributed by atoms with van der Waals surface area (Å²) < 4.78 is 0. The summed E-state index contributed by atoms with van der Waals surface area (Å²) in [6.07, 6.45) is 11.7. The fraction of sp³-hybridized carbons (Fsp3) is 1.00. The second-order valence-electron chi connectivity index (χ2n) is 10.5. The lowest BCUT2D eigenvalue weighted by Gasteiger charge is -2.88. The molecule has 20 heavy (non-hydrogen) atoms. The third-order valence-corrected chi connectivity index (χ3v) is 11.2. The Morgan fingerprint density at radius 2 is 1.35 bits per heavy atom. The molecule has 1 spiro atoms. The second kappa shape index (κ2) is 2.56. The highest BCUT2D eigenvalue weighted by Gasteiger charge is 2.89. The van der Waals surface area contributed by atoms with Gasteiger partial charge in [0.2, 0.25) is 0 Å². The lowest BCUT2D eigenvalue weighted by molar-refractivity contribution is -0.407. The molecule has 8 rings (SSSR count). The van der Waals surface area contributed by atoms with E-state index in [1.807, 2.05) is 0 Å². The topological polar surface area (TPSA) is 0 Å². The molecule has 0 nitrogen and oxygen atoms in total. The van der Waals surface area contributed by atoms with Crippen molar-refractivity contribution in [1.29, 1.82) is 0 Å². The summed E-state index contributed by atoms with van der Waals surface area (Å²) in [6, 6.07) is 0. The molecule has 8 saturated carbocycles. The summed E-state index contributed by atoms with van der Waals surface area (Å²) >= 11 is 0. The predicted molar refractivity (Wildman–Crippen MR) is 76.6 cm³/mol. The quantitative estimate of drug-likeness (QED) is 0.616. The van der Waals surface area contributed by atoms with Gasteiger partial charge in [-0.15, -0.1) is 0 Å². The first-order valence-corrected chi connectivity index (χ1v) is 9.90. The molecule has 0 aromatic rings. The van der Waals surface area contributed by atoms with E-state index in [1.165, 1.54) is 71.0 Å². The van der Waals surface area contributed by atoms with Gasteiger partial charge in [0.1, 0.15) is 0 Å². The van der Waals surface area contributed by atoms with Crippen molar-refractivity contribution in [2.24, 2.45) is 76.4 Å². The maximum atomic E-state index is 1.70. The van der Waals surface area contributed by atoms with Crippen LogP contribution < -0.4 is 0 Å². The first-order valence-electron chi connectivity index (χ1n) is 9.90. The van der Waals surface area contributed by atoms with Crippen LogP contribution in [-0.4, -0.2) is 0 Å². The van der Waals surface area contributed by atoms with Gasteiger partial charge in [0, 0.05) is 0 Å². The van der Waals surface area contributed by atoms with Crippen molar-refractivity contribution < 1.29 is 0 Å². The van der Waals surface area contributed by atoms with Crippen molar-refractivity contribution in [2.75, 3.05) is 0 Å². The van der Waals surface area contributed by atoms with Crippen molar-refractivity contribution in [3.05, 3.63) is 0 Å². The van der Waals surface area contributed by atoms with Gasteiger partial charge in [0.15, 0.2) is 0 Å². The van der Waals surface area contributed by atoms with Crippen LogP contribution in [0.4, 0.5) is 0 Å². The molecule has 0 heterocycles. The fourth-order valence-electron chi connectivity index (χ4n) is 11.4. The maximum Gasteiger partial charge on any atom is -0.0168 e. The second-order valence-corrected chi connectivity index (χ2v) is 10.5. The Balaban J connectivity index is 1.37. The Morgan fingerprint density at radius 3 is 2.30 bits per heavy atom. The molecule has 0 aliphatic heterocycles. The smallest absolute Gasteiger partial charge is 0.0168 e. The average molecular weight is 266 g/mol. The SMILES string of the molecule is C1CC2CC3CCC4CC5C4C34C5C3C5CC1C5C2C34. The van der Waals surface area contributed by atoms with Crippen molar-refractivity contribution >= 4 is 0 Å². The summed E-state index contributed by atoms with van der Waals surface area (Å²) in [7, 11) is 0. The molecule has 0 bridgehead atoms. The van der Waals surface area contributed by atoms with Crippen LogP contribution in [0.3, 0.4) is 0 Å². The van der Waals surface area contributed by atoms with E-state index in [0.29, 0.717) is 0 Å². The summed E-state index contributed by atoms with van der Waals surface area (Å²) in [5, 5.41) is 0. The van der Waals surface area contributed by atoms with Crippen LogP contribution in [0.1, 0.15) is 44.9 Å². The van der Waals surface area contributed by atoms with Gasteiger partial charge in [-0.05, 0) is 121 Å². The highest BCUT2D eigenvalue weighted by molar-refractivity contribution is 5.36. The van der Waals surface area contributed by atoms with E-state index in [1.54, 1.807) is 44.9 Å². The van der Waals surface area contributed by atoms with Gasteiger partial charge in [0.25, 0.3) is 0 Å². The summed E-state index contributed by atoms with van der Waals surface area (Å²) in [5.41, 5.74) is 0.997. The first kappa shape index (κ1) is 9.90. The number of rotatable bonds is 0. The third-order valence-electron chi connectivity index (χ3n) is 11.2. The van der Waals surface area contributed by atoms with Gasteiger partial charge >= 0.3 is 0 Å². The Morgan fingerprint density at radius 1 is 0.550 bits per heavy atom. The highest BCUT2D eigenvalue weighted by atomic mass is 14.9. The Labute approximate surface area is 122 Å². The van der Waals surface area contributed by atoms with Crippen molar-refractivity contribution in [3.8, 4) is 0 Å². The monoisotopic (exact) mass is 266 g/mol. The molecule has 0 radical (unpaired) electrons. The van der Waals surface area contributed by atoms with Crippen LogP contribution in [0, 0.1) is 76.4 Å². The average Bonchev–Trinajstić information content (AvgIpc) is 2.62. The maximum absolute atomic E-state index is 1.70. The first-order chi connectivity index (χ1) is 9.90. The van der Waals surface area contributed by atoms with Crippen LogP contribution in [-0.2, 0) is 0 Å². The Hall–Kier alpha value is 0. The molecule has 106 valence electrons. The molecule has 13 unspecified atom stereocenters. The molecule has 8 aliphatic carbocycles. The summed E-state index contributed by atoms with van der Waals surface area (Å²) in [6.45, 7) is 0. The van der Waals surface area contributed by atoms with Crippen LogP contribution in [0.5, 0.6) is 0 Å². The highest BCUT2D eigenvalue weighted by Crippen LogP contribution is 2.94. The molecule has 0 amide bonds. The number of hydrogen-bond acceptors (Lipinski definition) is 0. The summed E-state index contributed by atoms with van der Waals surface area (Å²) in [5.74, 6) is 15.1. The zero-order chi connectivity index (χ0) is 12.4. The predicted octanol–water partition coefficient (Wildman–Crippen LogP) is 4.21. The number of fused-ring (bicyclic) bond motifs is 3. The van der Waals surface area contributed by atoms with E-state index in [-0.39, 0.29) is 0 Å². The zero-order valence-electron chi connectivity index (χ0n) is 12.4. The molecule has 13 atom stereocenters. The Bertz CT molecular complexity index is 548. The van der Waals surface area contributed by atoms with Gasteiger partial charge < -0.3 is 0 Å². The van der Waals surface area contributed by atoms with E-state index in [2.05, 4.69) is 0 Å². The van der Waals surface area contributed by atoms with Gasteiger partial charge in [-0.2, -0.15) is 0 Å². The lowest BCUT2D eigenvalue weighted by atomic mass is 9.16. The van der Waals surface area contributed by atoms with Crippen LogP contribution in [0.2, 0.25) is 0 Å². The normalized spacial score (nSPS) is 82.8. The fourth-order valence-corrected chi connectivity index (χ4v) is 11.4.